The lowest BCUT2D eigenvalue weighted by molar-refractivity contribution is 0.0932. The summed E-state index contributed by atoms with van der Waals surface area (Å²) in [5, 5.41) is 7.76. The minimum atomic E-state index is -0.0497. The summed E-state index contributed by atoms with van der Waals surface area (Å²) in [5.74, 6) is 2.00. The fraction of sp³-hybridized carbons (Fsp3) is 0.438. The van der Waals surface area contributed by atoms with Crippen LogP contribution in [0.25, 0.3) is 0 Å². The third-order valence-electron chi connectivity index (χ3n) is 3.74. The number of nitrogens with zero attached hydrogens (tertiary/aromatic N) is 2. The maximum Gasteiger partial charge on any atom is 0.254 e. The average molecular weight is 317 g/mol. The standard InChI is InChI=1S/C16H19N3O2S/c1-10-8-13(19-21-10)9-22-16-14(4-3-7-17-16)15(20)18-11(2)12-5-6-12/h3-4,7-8,11-12H,5-6,9H2,1-2H3,(H,18,20)/t11-/m0/s1. The molecule has 0 radical (unpaired) electrons. The van der Waals surface area contributed by atoms with Gasteiger partial charge in [-0.3, -0.25) is 4.79 Å². The van der Waals surface area contributed by atoms with Crippen molar-refractivity contribution in [3.05, 3.63) is 41.4 Å². The SMILES string of the molecule is Cc1cc(CSc2ncccc2C(=O)N[C@@H](C)C2CC2)no1. The van der Waals surface area contributed by atoms with Crippen molar-refractivity contribution in [1.82, 2.24) is 15.5 Å². The molecular weight excluding hydrogens is 298 g/mol. The molecule has 1 saturated carbocycles. The number of nitrogens with one attached hydrogen (secondary N) is 1. The van der Waals surface area contributed by atoms with E-state index in [-0.39, 0.29) is 11.9 Å². The lowest BCUT2D eigenvalue weighted by atomic mass is 10.2. The molecule has 0 spiro atoms. The van der Waals surface area contributed by atoms with Crippen LogP contribution >= 0.6 is 11.8 Å². The zero-order valence-corrected chi connectivity index (χ0v) is 13.5. The highest BCUT2D eigenvalue weighted by molar-refractivity contribution is 7.98. The van der Waals surface area contributed by atoms with E-state index in [4.69, 9.17) is 4.52 Å². The molecule has 22 heavy (non-hydrogen) atoms. The van der Waals surface area contributed by atoms with Gasteiger partial charge in [-0.1, -0.05) is 16.9 Å². The topological polar surface area (TPSA) is 68.0 Å². The van der Waals surface area contributed by atoms with Crippen LogP contribution in [0.1, 0.15) is 41.6 Å². The van der Waals surface area contributed by atoms with Gasteiger partial charge in [0, 0.05) is 24.1 Å². The van der Waals surface area contributed by atoms with E-state index in [1.807, 2.05) is 19.1 Å². The Morgan fingerprint density at radius 1 is 1.55 bits per heavy atom. The molecule has 0 aliphatic heterocycles. The predicted octanol–water partition coefficient (Wildman–Crippen LogP) is 3.20. The molecule has 0 unspecified atom stereocenters. The number of aryl methyl sites for hydroxylation is 1. The van der Waals surface area contributed by atoms with E-state index in [0.29, 0.717) is 17.2 Å². The van der Waals surface area contributed by atoms with Gasteiger partial charge in [-0.2, -0.15) is 0 Å². The van der Waals surface area contributed by atoms with Gasteiger partial charge in [-0.05, 0) is 44.7 Å². The lowest BCUT2D eigenvalue weighted by Gasteiger charge is -2.14. The number of rotatable bonds is 6. The first-order valence-corrected chi connectivity index (χ1v) is 8.43. The summed E-state index contributed by atoms with van der Waals surface area (Å²) in [6, 6.07) is 5.73. The third kappa shape index (κ3) is 3.68. The Balaban J connectivity index is 1.67. The summed E-state index contributed by atoms with van der Waals surface area (Å²) >= 11 is 1.50. The number of thioether (sulfide) groups is 1. The number of carbonyl (C=O) groups is 1. The quantitative estimate of drug-likeness (QED) is 0.829. The molecule has 1 aliphatic rings. The van der Waals surface area contributed by atoms with Crippen LogP contribution in [0.3, 0.4) is 0 Å². The Labute approximate surface area is 133 Å². The molecule has 1 fully saturated rings. The van der Waals surface area contributed by atoms with Gasteiger partial charge in [-0.15, -0.1) is 0 Å². The highest BCUT2D eigenvalue weighted by Crippen LogP contribution is 2.32. The van der Waals surface area contributed by atoms with Gasteiger partial charge in [0.15, 0.2) is 0 Å². The second kappa shape index (κ2) is 6.52. The van der Waals surface area contributed by atoms with E-state index >= 15 is 0 Å². The summed E-state index contributed by atoms with van der Waals surface area (Å²) in [6.45, 7) is 3.93. The molecule has 5 nitrogen and oxygen atoms in total. The molecule has 1 aliphatic carbocycles. The van der Waals surface area contributed by atoms with Crippen LogP contribution in [0, 0.1) is 12.8 Å². The van der Waals surface area contributed by atoms with Crippen LogP contribution in [0.2, 0.25) is 0 Å². The molecule has 116 valence electrons. The van der Waals surface area contributed by atoms with Gasteiger partial charge in [0.1, 0.15) is 10.8 Å². The highest BCUT2D eigenvalue weighted by atomic mass is 32.2. The van der Waals surface area contributed by atoms with Gasteiger partial charge >= 0.3 is 0 Å². The van der Waals surface area contributed by atoms with E-state index < -0.39 is 0 Å². The summed E-state index contributed by atoms with van der Waals surface area (Å²) in [4.78, 5) is 16.8. The Morgan fingerprint density at radius 2 is 2.36 bits per heavy atom. The molecule has 3 rings (SSSR count). The van der Waals surface area contributed by atoms with Crippen LogP contribution in [-0.4, -0.2) is 22.1 Å². The molecule has 0 saturated heterocycles. The van der Waals surface area contributed by atoms with Gasteiger partial charge < -0.3 is 9.84 Å². The largest absolute Gasteiger partial charge is 0.361 e. The molecule has 1 atom stereocenters. The van der Waals surface area contributed by atoms with Crippen LogP contribution < -0.4 is 5.32 Å². The number of hydrogen-bond donors (Lipinski definition) is 1. The second-order valence-corrected chi connectivity index (χ2v) is 6.64. The summed E-state index contributed by atoms with van der Waals surface area (Å²) in [5.41, 5.74) is 1.48. The first-order valence-electron chi connectivity index (χ1n) is 7.44. The molecular formula is C16H19N3O2S. The zero-order valence-electron chi connectivity index (χ0n) is 12.7. The number of hydrogen-bond acceptors (Lipinski definition) is 5. The van der Waals surface area contributed by atoms with E-state index in [1.165, 1.54) is 24.6 Å². The van der Waals surface area contributed by atoms with Crippen molar-refractivity contribution in [2.24, 2.45) is 5.92 Å². The van der Waals surface area contributed by atoms with Crippen LogP contribution in [-0.2, 0) is 5.75 Å². The number of carbonyl (C=O) groups excluding carboxylic acids is 1. The average Bonchev–Trinajstić information content (AvgIpc) is 3.28. The zero-order chi connectivity index (χ0) is 15.5. The maximum atomic E-state index is 12.4. The number of pyridine rings is 1. The van der Waals surface area contributed by atoms with Crippen molar-refractivity contribution >= 4 is 17.7 Å². The Morgan fingerprint density at radius 3 is 3.05 bits per heavy atom. The molecule has 1 N–H and O–H groups in total. The van der Waals surface area contributed by atoms with E-state index in [2.05, 4.69) is 22.4 Å². The van der Waals surface area contributed by atoms with Crippen molar-refractivity contribution < 1.29 is 9.32 Å². The van der Waals surface area contributed by atoms with Gasteiger partial charge in [0.2, 0.25) is 0 Å². The Hall–Kier alpha value is -1.82. The molecule has 2 aromatic heterocycles. The highest BCUT2D eigenvalue weighted by Gasteiger charge is 2.29. The normalized spacial score (nSPS) is 15.5. The van der Waals surface area contributed by atoms with E-state index in [1.54, 1.807) is 12.3 Å². The van der Waals surface area contributed by atoms with Gasteiger partial charge in [0.05, 0.1) is 11.3 Å². The second-order valence-electron chi connectivity index (χ2n) is 5.67. The molecule has 2 aromatic rings. The summed E-state index contributed by atoms with van der Waals surface area (Å²) < 4.78 is 5.05. The predicted molar refractivity (Wildman–Crippen MR) is 84.7 cm³/mol. The first kappa shape index (κ1) is 15.1. The molecule has 1 amide bonds. The molecule has 6 heteroatoms. The summed E-state index contributed by atoms with van der Waals surface area (Å²) in [7, 11) is 0. The van der Waals surface area contributed by atoms with Crippen LogP contribution in [0.4, 0.5) is 0 Å². The molecule has 0 bridgehead atoms. The number of amides is 1. The van der Waals surface area contributed by atoms with Gasteiger partial charge in [-0.25, -0.2) is 4.98 Å². The van der Waals surface area contributed by atoms with Crippen molar-refractivity contribution in [3.63, 3.8) is 0 Å². The lowest BCUT2D eigenvalue weighted by Crippen LogP contribution is -2.34. The van der Waals surface area contributed by atoms with Crippen LogP contribution in [0.5, 0.6) is 0 Å². The number of aromatic nitrogens is 2. The van der Waals surface area contributed by atoms with Crippen molar-refractivity contribution in [2.45, 2.75) is 43.5 Å². The van der Waals surface area contributed by atoms with Crippen molar-refractivity contribution in [2.75, 3.05) is 0 Å². The van der Waals surface area contributed by atoms with Crippen molar-refractivity contribution in [1.29, 1.82) is 0 Å². The minimum Gasteiger partial charge on any atom is -0.361 e. The fourth-order valence-corrected chi connectivity index (χ4v) is 3.18. The first-order chi connectivity index (χ1) is 10.6. The Kier molecular flexibility index (Phi) is 4.47. The van der Waals surface area contributed by atoms with Crippen molar-refractivity contribution in [3.8, 4) is 0 Å². The molecule has 2 heterocycles. The van der Waals surface area contributed by atoms with E-state index in [9.17, 15) is 4.79 Å². The van der Waals surface area contributed by atoms with Crippen LogP contribution in [0.15, 0.2) is 33.9 Å². The Bertz CT molecular complexity index is 667. The van der Waals surface area contributed by atoms with Gasteiger partial charge in [0.25, 0.3) is 5.91 Å². The fourth-order valence-electron chi connectivity index (χ4n) is 2.31. The molecule has 0 aromatic carbocycles. The third-order valence-corrected chi connectivity index (χ3v) is 4.78. The maximum absolute atomic E-state index is 12.4. The monoisotopic (exact) mass is 317 g/mol. The smallest absolute Gasteiger partial charge is 0.254 e. The van der Waals surface area contributed by atoms with E-state index in [0.717, 1.165) is 16.5 Å². The minimum absolute atomic E-state index is 0.0497. The summed E-state index contributed by atoms with van der Waals surface area (Å²) in [6.07, 6.45) is 4.13.